The zero-order valence-corrected chi connectivity index (χ0v) is 13.2. The van der Waals surface area contributed by atoms with E-state index in [1.54, 1.807) is 6.20 Å². The number of halogens is 1. The normalized spacial score (nSPS) is 10.7. The van der Waals surface area contributed by atoms with Crippen LogP contribution in [-0.4, -0.2) is 11.6 Å². The molecule has 0 fully saturated rings. The van der Waals surface area contributed by atoms with E-state index < -0.39 is 0 Å². The Morgan fingerprint density at radius 1 is 1.00 bits per heavy atom. The monoisotopic (exact) mass is 341 g/mol. The molecule has 0 atom stereocenters. The van der Waals surface area contributed by atoms with E-state index in [2.05, 4.69) is 63.4 Å². The summed E-state index contributed by atoms with van der Waals surface area (Å²) in [4.78, 5) is 4.12. The Hall–Kier alpha value is -1.87. The first-order chi connectivity index (χ1) is 10.4. The molecule has 2 nitrogen and oxygen atoms in total. The molecule has 21 heavy (non-hydrogen) atoms. The lowest BCUT2D eigenvalue weighted by Gasteiger charge is -2.12. The molecule has 0 unspecified atom stereocenters. The number of pyridine rings is 1. The van der Waals surface area contributed by atoms with Gasteiger partial charge in [-0.25, -0.2) is 0 Å². The molecule has 0 saturated heterocycles. The van der Waals surface area contributed by atoms with Gasteiger partial charge in [0.05, 0.1) is 6.61 Å². The van der Waals surface area contributed by atoms with Crippen LogP contribution in [0.1, 0.15) is 11.1 Å². The molecule has 0 aliphatic heterocycles. The molecule has 0 bridgehead atoms. The zero-order chi connectivity index (χ0) is 14.5. The van der Waals surface area contributed by atoms with Gasteiger partial charge in [-0.2, -0.15) is 0 Å². The Morgan fingerprint density at radius 2 is 1.90 bits per heavy atom. The molecule has 2 aromatic carbocycles. The predicted molar refractivity (Wildman–Crippen MR) is 90.0 cm³/mol. The van der Waals surface area contributed by atoms with Crippen LogP contribution in [0.4, 0.5) is 0 Å². The fourth-order valence-corrected chi connectivity index (χ4v) is 2.99. The van der Waals surface area contributed by atoms with E-state index in [-0.39, 0.29) is 0 Å². The molecule has 3 aromatic rings. The van der Waals surface area contributed by atoms with Gasteiger partial charge < -0.3 is 4.74 Å². The minimum absolute atomic E-state index is 0.657. The van der Waals surface area contributed by atoms with Crippen molar-refractivity contribution in [2.45, 2.75) is 11.8 Å². The predicted octanol–water partition coefficient (Wildman–Crippen LogP) is 4.75. The number of benzene rings is 2. The van der Waals surface area contributed by atoms with Gasteiger partial charge in [-0.05, 0) is 28.5 Å². The van der Waals surface area contributed by atoms with Crippen molar-refractivity contribution < 1.29 is 4.74 Å². The smallest absolute Gasteiger partial charge is 0.123 e. The van der Waals surface area contributed by atoms with Gasteiger partial charge in [0.25, 0.3) is 0 Å². The summed E-state index contributed by atoms with van der Waals surface area (Å²) in [6, 6.07) is 16.6. The fraction of sp³-hybridized carbons (Fsp3) is 0.167. The van der Waals surface area contributed by atoms with E-state index in [9.17, 15) is 0 Å². The number of fused-ring (bicyclic) bond motifs is 1. The largest absolute Gasteiger partial charge is 0.493 e. The lowest BCUT2D eigenvalue weighted by atomic mass is 10.0. The summed E-state index contributed by atoms with van der Waals surface area (Å²) in [7, 11) is 0. The van der Waals surface area contributed by atoms with Crippen LogP contribution >= 0.6 is 15.9 Å². The number of hydrogen-bond acceptors (Lipinski definition) is 2. The second kappa shape index (κ2) is 6.72. The van der Waals surface area contributed by atoms with Gasteiger partial charge in [0.1, 0.15) is 5.75 Å². The summed E-state index contributed by atoms with van der Waals surface area (Å²) in [6.07, 6.45) is 4.54. The average molecular weight is 342 g/mol. The topological polar surface area (TPSA) is 22.1 Å². The van der Waals surface area contributed by atoms with Crippen LogP contribution in [0.25, 0.3) is 10.8 Å². The summed E-state index contributed by atoms with van der Waals surface area (Å²) in [5.74, 6) is 0.953. The van der Waals surface area contributed by atoms with Crippen molar-refractivity contribution >= 4 is 26.7 Å². The first kappa shape index (κ1) is 14.1. The SMILES string of the molecule is BrCc1c(OCCc2cccnc2)ccc2ccccc12. The minimum Gasteiger partial charge on any atom is -0.493 e. The van der Waals surface area contributed by atoms with Crippen LogP contribution < -0.4 is 4.74 Å². The Morgan fingerprint density at radius 3 is 2.71 bits per heavy atom. The van der Waals surface area contributed by atoms with Crippen LogP contribution in [0.2, 0.25) is 0 Å². The molecule has 0 aliphatic carbocycles. The maximum Gasteiger partial charge on any atom is 0.123 e. The van der Waals surface area contributed by atoms with Gasteiger partial charge in [-0.3, -0.25) is 4.98 Å². The van der Waals surface area contributed by atoms with E-state index >= 15 is 0 Å². The van der Waals surface area contributed by atoms with Crippen molar-refractivity contribution in [3.8, 4) is 5.75 Å². The number of aromatic nitrogens is 1. The number of ether oxygens (including phenoxy) is 1. The molecule has 0 spiro atoms. The quantitative estimate of drug-likeness (QED) is 0.624. The third-order valence-electron chi connectivity index (χ3n) is 3.50. The molecule has 0 radical (unpaired) electrons. The highest BCUT2D eigenvalue weighted by Crippen LogP contribution is 2.30. The highest BCUT2D eigenvalue weighted by Gasteiger charge is 2.07. The molecule has 0 amide bonds. The summed E-state index contributed by atoms with van der Waals surface area (Å²) in [5.41, 5.74) is 2.40. The fourth-order valence-electron chi connectivity index (χ4n) is 2.41. The molecular formula is C18H16BrNO. The van der Waals surface area contributed by atoms with Gasteiger partial charge in [-0.1, -0.05) is 52.3 Å². The third kappa shape index (κ3) is 3.24. The van der Waals surface area contributed by atoms with Crippen LogP contribution in [0.3, 0.4) is 0 Å². The summed E-state index contributed by atoms with van der Waals surface area (Å²) in [6.45, 7) is 0.657. The first-order valence-corrected chi connectivity index (χ1v) is 8.09. The standard InChI is InChI=1S/C18H16BrNO/c19-12-17-16-6-2-1-5-15(16)7-8-18(17)21-11-9-14-4-3-10-20-13-14/h1-8,10,13H,9,11-12H2. The van der Waals surface area contributed by atoms with Crippen LogP contribution in [0, 0.1) is 0 Å². The molecule has 3 heteroatoms. The average Bonchev–Trinajstić information content (AvgIpc) is 2.55. The Kier molecular flexibility index (Phi) is 4.51. The van der Waals surface area contributed by atoms with Crippen molar-refractivity contribution in [2.24, 2.45) is 0 Å². The Bertz CT molecular complexity index is 728. The molecule has 1 heterocycles. The van der Waals surface area contributed by atoms with Crippen LogP contribution in [0.15, 0.2) is 60.9 Å². The maximum atomic E-state index is 5.98. The lowest BCUT2D eigenvalue weighted by molar-refractivity contribution is 0.320. The summed E-state index contributed by atoms with van der Waals surface area (Å²) < 4.78 is 5.98. The third-order valence-corrected chi connectivity index (χ3v) is 4.06. The highest BCUT2D eigenvalue weighted by molar-refractivity contribution is 9.08. The van der Waals surface area contributed by atoms with E-state index in [0.717, 1.165) is 17.5 Å². The molecule has 0 aliphatic rings. The summed E-state index contributed by atoms with van der Waals surface area (Å²) >= 11 is 3.58. The lowest BCUT2D eigenvalue weighted by Crippen LogP contribution is -2.03. The minimum atomic E-state index is 0.657. The second-order valence-corrected chi connectivity index (χ2v) is 5.42. The van der Waals surface area contributed by atoms with Gasteiger partial charge in [0.15, 0.2) is 0 Å². The van der Waals surface area contributed by atoms with Crippen molar-refractivity contribution in [3.05, 3.63) is 72.1 Å². The van der Waals surface area contributed by atoms with Gasteiger partial charge in [0, 0.05) is 29.7 Å². The van der Waals surface area contributed by atoms with E-state index in [4.69, 9.17) is 4.74 Å². The molecule has 3 rings (SSSR count). The van der Waals surface area contributed by atoms with Crippen molar-refractivity contribution in [1.82, 2.24) is 4.98 Å². The Labute approximate surface area is 132 Å². The van der Waals surface area contributed by atoms with Crippen LogP contribution in [-0.2, 0) is 11.8 Å². The number of nitrogens with zero attached hydrogens (tertiary/aromatic N) is 1. The zero-order valence-electron chi connectivity index (χ0n) is 11.6. The van der Waals surface area contributed by atoms with Crippen molar-refractivity contribution in [2.75, 3.05) is 6.61 Å². The maximum absolute atomic E-state index is 5.98. The number of alkyl halides is 1. The van der Waals surface area contributed by atoms with Crippen LogP contribution in [0.5, 0.6) is 5.75 Å². The number of rotatable bonds is 5. The Balaban J connectivity index is 1.77. The molecule has 106 valence electrons. The van der Waals surface area contributed by atoms with Gasteiger partial charge >= 0.3 is 0 Å². The number of hydrogen-bond donors (Lipinski definition) is 0. The molecule has 0 saturated carbocycles. The molecular weight excluding hydrogens is 326 g/mol. The van der Waals surface area contributed by atoms with E-state index in [1.807, 2.05) is 12.3 Å². The van der Waals surface area contributed by atoms with E-state index in [1.165, 1.54) is 21.9 Å². The van der Waals surface area contributed by atoms with Gasteiger partial charge in [0.2, 0.25) is 0 Å². The van der Waals surface area contributed by atoms with Gasteiger partial charge in [-0.15, -0.1) is 0 Å². The highest BCUT2D eigenvalue weighted by atomic mass is 79.9. The first-order valence-electron chi connectivity index (χ1n) is 6.97. The molecule has 1 aromatic heterocycles. The second-order valence-electron chi connectivity index (χ2n) is 4.86. The summed E-state index contributed by atoms with van der Waals surface area (Å²) in [5, 5.41) is 3.27. The van der Waals surface area contributed by atoms with E-state index in [0.29, 0.717) is 6.61 Å². The molecule has 0 N–H and O–H groups in total. The van der Waals surface area contributed by atoms with Crippen molar-refractivity contribution in [3.63, 3.8) is 0 Å². The van der Waals surface area contributed by atoms with Crippen molar-refractivity contribution in [1.29, 1.82) is 0 Å².